The molecular weight excluding hydrogens is 918 g/mol. The number of methoxy groups -OCH3 is 1. The molecule has 2 aromatic carbocycles. The van der Waals surface area contributed by atoms with Crippen molar-refractivity contribution in [2.75, 3.05) is 24.7 Å². The molecule has 4 aliphatic carbocycles. The standard InChI is InChI=1S/C46H46ClF4N9O6S/c1-66-13-3-12-58-41-34(7-6-31(47)39(41)43(56-58)57-67(2,64)65)60-44(54-42-37(45(60)63)27(22-61)18-32(53-42)24-8-10-46(50,51)11-9-24)33(16-23-14-28(48)20-29(49)15-23)52-36(62)21-59-35-19-26-17-30(26)38(35)40(55-59)25-4-5-25/h6-7,14-15,18,20,22,24-26,30,33H,3-5,8-13,16-17,19,21H2,1-2H3,(H,52,62)(H,56,57)/t26-,30-,33-/m0/s1. The third kappa shape index (κ3) is 8.83. The van der Waals surface area contributed by atoms with Gasteiger partial charge in [-0.2, -0.15) is 10.2 Å². The predicted octanol–water partition coefficient (Wildman–Crippen LogP) is 7.41. The van der Waals surface area contributed by atoms with Gasteiger partial charge in [-0.15, -0.1) is 0 Å². The number of anilines is 1. The Morgan fingerprint density at radius 3 is 2.45 bits per heavy atom. The van der Waals surface area contributed by atoms with Crippen molar-refractivity contribution in [2.24, 2.45) is 5.92 Å². The van der Waals surface area contributed by atoms with E-state index in [0.717, 1.165) is 60.0 Å². The highest BCUT2D eigenvalue weighted by molar-refractivity contribution is 7.92. The van der Waals surface area contributed by atoms with Crippen molar-refractivity contribution in [1.82, 2.24) is 39.4 Å². The molecule has 4 aliphatic rings. The lowest BCUT2D eigenvalue weighted by atomic mass is 9.84. The van der Waals surface area contributed by atoms with Crippen molar-refractivity contribution >= 4 is 61.6 Å². The van der Waals surface area contributed by atoms with E-state index in [9.17, 15) is 35.6 Å². The van der Waals surface area contributed by atoms with E-state index in [0.29, 0.717) is 36.5 Å². The van der Waals surface area contributed by atoms with Crippen LogP contribution in [0.3, 0.4) is 0 Å². The molecule has 3 fully saturated rings. The van der Waals surface area contributed by atoms with Gasteiger partial charge in [-0.1, -0.05) is 11.6 Å². The molecule has 67 heavy (non-hydrogen) atoms. The maximum atomic E-state index is 15.5. The zero-order chi connectivity index (χ0) is 47.1. The monoisotopic (exact) mass is 963 g/mol. The van der Waals surface area contributed by atoms with Gasteiger partial charge in [-0.3, -0.25) is 33.0 Å². The molecule has 21 heteroatoms. The SMILES string of the molecule is COCCCn1nc(NS(C)(=O)=O)c2c(Cl)ccc(-n3c([C@H](Cc4cc(F)cc(F)c4)NC(=O)Cn4nc(C5CC5)c5c4C[C@@H]4C[C@H]54)nc4nc(C5CCC(F)(F)CC5)cc(C=O)c4c3=O)c21. The number of hydrogen-bond donors (Lipinski definition) is 2. The Morgan fingerprint density at radius 2 is 1.76 bits per heavy atom. The average Bonchev–Trinajstić information content (AvgIpc) is 4.15. The van der Waals surface area contributed by atoms with Crippen LogP contribution in [-0.4, -0.2) is 80.6 Å². The second kappa shape index (κ2) is 17.1. The fourth-order valence-corrected chi connectivity index (χ4v) is 10.9. The summed E-state index contributed by atoms with van der Waals surface area (Å²) in [5.74, 6) is -4.77. The van der Waals surface area contributed by atoms with Gasteiger partial charge in [-0.05, 0) is 92.7 Å². The molecule has 6 aromatic rings. The molecule has 0 bridgehead atoms. The number of fused-ring (bicyclic) bond motifs is 5. The highest BCUT2D eigenvalue weighted by atomic mass is 35.5. The number of nitrogens with zero attached hydrogens (tertiary/aromatic N) is 7. The minimum atomic E-state index is -3.94. The Balaban J connectivity index is 1.19. The molecule has 0 aliphatic heterocycles. The van der Waals surface area contributed by atoms with Crippen LogP contribution in [0.25, 0.3) is 27.6 Å². The Labute approximate surface area is 386 Å². The van der Waals surface area contributed by atoms with Crippen molar-refractivity contribution in [3.63, 3.8) is 0 Å². The number of benzene rings is 2. The summed E-state index contributed by atoms with van der Waals surface area (Å²) in [4.78, 5) is 52.7. The van der Waals surface area contributed by atoms with Crippen LogP contribution in [0.2, 0.25) is 5.02 Å². The molecule has 0 unspecified atom stereocenters. The van der Waals surface area contributed by atoms with E-state index in [1.54, 1.807) is 4.68 Å². The minimum absolute atomic E-state index is 0.0403. The van der Waals surface area contributed by atoms with Gasteiger partial charge in [0.15, 0.2) is 17.8 Å². The maximum Gasteiger partial charge on any atom is 0.268 e. The van der Waals surface area contributed by atoms with Crippen molar-refractivity contribution in [2.45, 2.75) is 107 Å². The molecule has 4 aromatic heterocycles. The molecule has 0 radical (unpaired) electrons. The van der Waals surface area contributed by atoms with Crippen LogP contribution in [0.1, 0.15) is 120 Å². The van der Waals surface area contributed by atoms with Gasteiger partial charge in [0.25, 0.3) is 5.56 Å². The van der Waals surface area contributed by atoms with Gasteiger partial charge in [0.05, 0.1) is 45.0 Å². The summed E-state index contributed by atoms with van der Waals surface area (Å²) in [7, 11) is -2.44. The smallest absolute Gasteiger partial charge is 0.268 e. The lowest BCUT2D eigenvalue weighted by Crippen LogP contribution is -2.38. The van der Waals surface area contributed by atoms with E-state index < -0.39 is 63.8 Å². The number of nitrogens with one attached hydrogen (secondary N) is 2. The Hall–Kier alpha value is -5.73. The van der Waals surface area contributed by atoms with Crippen molar-refractivity contribution in [3.05, 3.63) is 103 Å². The number of sulfonamides is 1. The van der Waals surface area contributed by atoms with Gasteiger partial charge in [0.1, 0.15) is 24.0 Å². The van der Waals surface area contributed by atoms with Crippen LogP contribution in [0.4, 0.5) is 23.4 Å². The number of aldehydes is 1. The van der Waals surface area contributed by atoms with Crippen molar-refractivity contribution in [3.8, 4) is 5.69 Å². The quantitative estimate of drug-likeness (QED) is 0.0563. The topological polar surface area (TPSA) is 185 Å². The Morgan fingerprint density at radius 1 is 1.01 bits per heavy atom. The molecule has 1 amide bonds. The van der Waals surface area contributed by atoms with Crippen LogP contribution in [-0.2, 0) is 45.5 Å². The van der Waals surface area contributed by atoms with E-state index >= 15 is 4.79 Å². The van der Waals surface area contributed by atoms with E-state index in [1.165, 1.54) is 35.6 Å². The van der Waals surface area contributed by atoms with Crippen LogP contribution in [0.15, 0.2) is 41.2 Å². The number of aryl methyl sites for hydroxylation is 1. The summed E-state index contributed by atoms with van der Waals surface area (Å²) in [6, 6.07) is 5.83. The number of rotatable bonds is 16. The largest absolute Gasteiger partial charge is 0.385 e. The summed E-state index contributed by atoms with van der Waals surface area (Å²) in [6.45, 7) is 0.175. The second-order valence-electron chi connectivity index (χ2n) is 18.4. The highest BCUT2D eigenvalue weighted by Crippen LogP contribution is 2.60. The Kier molecular flexibility index (Phi) is 11.5. The first kappa shape index (κ1) is 45.1. The summed E-state index contributed by atoms with van der Waals surface area (Å²) in [5, 5.41) is 12.4. The maximum absolute atomic E-state index is 15.5. The normalized spacial score (nSPS) is 19.4. The number of halogens is 5. The van der Waals surface area contributed by atoms with Gasteiger partial charge in [0.2, 0.25) is 21.9 Å². The molecule has 3 atom stereocenters. The van der Waals surface area contributed by atoms with E-state index in [1.807, 2.05) is 0 Å². The number of alkyl halides is 2. The zero-order valence-corrected chi connectivity index (χ0v) is 38.1. The summed E-state index contributed by atoms with van der Waals surface area (Å²) >= 11 is 6.82. The number of amides is 1. The zero-order valence-electron chi connectivity index (χ0n) is 36.5. The molecule has 0 spiro atoms. The fraction of sp³-hybridized carbons (Fsp3) is 0.457. The van der Waals surface area contributed by atoms with Crippen LogP contribution in [0.5, 0.6) is 0 Å². The molecule has 352 valence electrons. The Bertz CT molecular complexity index is 3160. The first-order valence-corrected chi connectivity index (χ1v) is 24.6. The molecule has 4 heterocycles. The van der Waals surface area contributed by atoms with Gasteiger partial charge in [0, 0.05) is 79.9 Å². The van der Waals surface area contributed by atoms with E-state index in [-0.39, 0.29) is 100 Å². The van der Waals surface area contributed by atoms with E-state index in [4.69, 9.17) is 31.4 Å². The average molecular weight is 964 g/mol. The molecule has 10 rings (SSSR count). The van der Waals surface area contributed by atoms with E-state index in [2.05, 4.69) is 15.1 Å². The number of hydrogen-bond acceptors (Lipinski definition) is 10. The van der Waals surface area contributed by atoms with Crippen LogP contribution < -0.4 is 15.6 Å². The predicted molar refractivity (Wildman–Crippen MR) is 240 cm³/mol. The number of ether oxygens (including phenoxy) is 1. The third-order valence-corrected chi connectivity index (χ3v) is 14.3. The molecule has 15 nitrogen and oxygen atoms in total. The lowest BCUT2D eigenvalue weighted by molar-refractivity contribution is -0.122. The summed E-state index contributed by atoms with van der Waals surface area (Å²) < 4.78 is 96.0. The number of carbonyl (C=O) groups is 2. The van der Waals surface area contributed by atoms with Gasteiger partial charge < -0.3 is 10.1 Å². The molecule has 3 saturated carbocycles. The first-order chi connectivity index (χ1) is 32.0. The van der Waals surface area contributed by atoms with Gasteiger partial charge >= 0.3 is 0 Å². The molecule has 0 saturated heterocycles. The first-order valence-electron chi connectivity index (χ1n) is 22.3. The lowest BCUT2D eigenvalue weighted by Gasteiger charge is -2.28. The third-order valence-electron chi connectivity index (χ3n) is 13.4. The van der Waals surface area contributed by atoms with Crippen LogP contribution >= 0.6 is 11.6 Å². The minimum Gasteiger partial charge on any atom is -0.385 e. The van der Waals surface area contributed by atoms with Crippen molar-refractivity contribution < 1.29 is 40.3 Å². The fourth-order valence-electron chi connectivity index (χ4n) is 10.1. The number of carbonyl (C=O) groups excluding carboxylic acids is 2. The van der Waals surface area contributed by atoms with Crippen molar-refractivity contribution in [1.29, 1.82) is 0 Å². The summed E-state index contributed by atoms with van der Waals surface area (Å²) in [6.07, 6.45) is 4.66. The number of aromatic nitrogens is 7. The molecule has 2 N–H and O–H groups in total. The second-order valence-corrected chi connectivity index (χ2v) is 20.5. The van der Waals surface area contributed by atoms with Gasteiger partial charge in [-0.25, -0.2) is 35.9 Å². The molecular formula is C46H46ClF4N9O6S. The van der Waals surface area contributed by atoms with Crippen LogP contribution in [0, 0.1) is 17.6 Å². The highest BCUT2D eigenvalue weighted by Gasteiger charge is 2.51. The number of pyridine rings is 1. The summed E-state index contributed by atoms with van der Waals surface area (Å²) in [5.41, 5.74) is 2.60.